The predicted octanol–water partition coefficient (Wildman–Crippen LogP) is 2.44. The normalized spacial score (nSPS) is 10.6. The second-order valence-corrected chi connectivity index (χ2v) is 4.01. The van der Waals surface area contributed by atoms with Gasteiger partial charge >= 0.3 is 0 Å². The number of hydrogen-bond acceptors (Lipinski definition) is 6. The Balaban J connectivity index is 2.31. The largest absolute Gasteiger partial charge is 0.399 e. The van der Waals surface area contributed by atoms with Gasteiger partial charge in [0.15, 0.2) is 0 Å². The fourth-order valence-corrected chi connectivity index (χ4v) is 1.54. The zero-order valence-corrected chi connectivity index (χ0v) is 10.9. The molecule has 0 atom stereocenters. The average molecular weight is 278 g/mol. The summed E-state index contributed by atoms with van der Waals surface area (Å²) in [6, 6.07) is 7.21. The summed E-state index contributed by atoms with van der Waals surface area (Å²) in [4.78, 5) is 12.7. The van der Waals surface area contributed by atoms with Crippen molar-refractivity contribution in [2.24, 2.45) is 5.16 Å². The van der Waals surface area contributed by atoms with Crippen molar-refractivity contribution in [3.63, 3.8) is 0 Å². The fraction of sp³-hybridized carbons (Fsp3) is 0.0833. The van der Waals surface area contributed by atoms with Crippen LogP contribution in [0.5, 0.6) is 0 Å². The average Bonchev–Trinajstić information content (AvgIpc) is 2.41. The van der Waals surface area contributed by atoms with Crippen molar-refractivity contribution in [2.45, 2.75) is 0 Å². The second kappa shape index (κ2) is 6.01. The lowest BCUT2D eigenvalue weighted by Gasteiger charge is -2.09. The molecule has 0 saturated carbocycles. The van der Waals surface area contributed by atoms with E-state index in [9.17, 15) is 0 Å². The van der Waals surface area contributed by atoms with Crippen molar-refractivity contribution in [1.82, 2.24) is 9.97 Å². The van der Waals surface area contributed by atoms with E-state index >= 15 is 0 Å². The smallest absolute Gasteiger partial charge is 0.144 e. The molecule has 2 rings (SSSR count). The van der Waals surface area contributed by atoms with Crippen LogP contribution in [-0.2, 0) is 4.84 Å². The summed E-state index contributed by atoms with van der Waals surface area (Å²) < 4.78 is 0. The molecule has 0 unspecified atom stereocenters. The number of halogens is 1. The molecular formula is C12H12ClN5O. The molecule has 6 nitrogen and oxygen atoms in total. The van der Waals surface area contributed by atoms with Gasteiger partial charge in [0.25, 0.3) is 0 Å². The predicted molar refractivity (Wildman–Crippen MR) is 75.8 cm³/mol. The molecule has 0 aliphatic carbocycles. The topological polar surface area (TPSA) is 85.4 Å². The van der Waals surface area contributed by atoms with Crippen molar-refractivity contribution in [3.05, 3.63) is 41.2 Å². The first-order valence-electron chi connectivity index (χ1n) is 5.40. The Hall–Kier alpha value is -2.34. The van der Waals surface area contributed by atoms with Crippen LogP contribution < -0.4 is 11.1 Å². The van der Waals surface area contributed by atoms with Gasteiger partial charge in [0, 0.05) is 10.7 Å². The number of aromatic nitrogens is 2. The zero-order valence-electron chi connectivity index (χ0n) is 10.2. The highest BCUT2D eigenvalue weighted by molar-refractivity contribution is 6.30. The Morgan fingerprint density at radius 3 is 2.74 bits per heavy atom. The van der Waals surface area contributed by atoms with Gasteiger partial charge < -0.3 is 15.9 Å². The number of nitrogen functional groups attached to an aromatic ring is 1. The summed E-state index contributed by atoms with van der Waals surface area (Å²) in [5.74, 6) is 0.850. The van der Waals surface area contributed by atoms with Crippen LogP contribution in [0.2, 0.25) is 5.02 Å². The molecule has 0 bridgehead atoms. The molecule has 2 aromatic rings. The van der Waals surface area contributed by atoms with Crippen LogP contribution >= 0.6 is 11.6 Å². The molecule has 3 N–H and O–H groups in total. The lowest BCUT2D eigenvalue weighted by Crippen LogP contribution is -2.04. The monoisotopic (exact) mass is 277 g/mol. The number of anilines is 3. The Labute approximate surface area is 115 Å². The van der Waals surface area contributed by atoms with Gasteiger partial charge in [-0.3, -0.25) is 0 Å². The van der Waals surface area contributed by atoms with Crippen molar-refractivity contribution in [1.29, 1.82) is 0 Å². The van der Waals surface area contributed by atoms with E-state index in [0.29, 0.717) is 22.2 Å². The quantitative estimate of drug-likeness (QED) is 0.662. The molecule has 0 radical (unpaired) electrons. The third-order valence-corrected chi connectivity index (χ3v) is 2.56. The van der Waals surface area contributed by atoms with Gasteiger partial charge in [-0.25, -0.2) is 9.97 Å². The van der Waals surface area contributed by atoms with Crippen molar-refractivity contribution in [2.75, 3.05) is 18.2 Å². The molecule has 1 aromatic heterocycles. The van der Waals surface area contributed by atoms with E-state index in [-0.39, 0.29) is 0 Å². The number of benzene rings is 1. The molecule has 0 fully saturated rings. The number of nitrogens with zero attached hydrogens (tertiary/aromatic N) is 3. The van der Waals surface area contributed by atoms with Crippen molar-refractivity contribution >= 4 is 35.1 Å². The van der Waals surface area contributed by atoms with Crippen LogP contribution in [0.4, 0.5) is 17.3 Å². The maximum absolute atomic E-state index is 5.83. The minimum absolute atomic E-state index is 0.312. The number of oxime groups is 1. The summed E-state index contributed by atoms with van der Waals surface area (Å²) in [5, 5.41) is 7.45. The van der Waals surface area contributed by atoms with Crippen LogP contribution in [0, 0.1) is 0 Å². The maximum atomic E-state index is 5.83. The Bertz CT molecular complexity index is 585. The molecule has 98 valence electrons. The van der Waals surface area contributed by atoms with Gasteiger partial charge in [0.05, 0.1) is 11.8 Å². The molecule has 1 aromatic carbocycles. The van der Waals surface area contributed by atoms with Gasteiger partial charge in [0.2, 0.25) is 0 Å². The minimum Gasteiger partial charge on any atom is -0.399 e. The highest BCUT2D eigenvalue weighted by atomic mass is 35.5. The summed E-state index contributed by atoms with van der Waals surface area (Å²) >= 11 is 5.83. The maximum Gasteiger partial charge on any atom is 0.144 e. The molecule has 0 spiro atoms. The highest BCUT2D eigenvalue weighted by Gasteiger charge is 2.07. The van der Waals surface area contributed by atoms with E-state index in [4.69, 9.17) is 17.3 Å². The molecule has 19 heavy (non-hydrogen) atoms. The van der Waals surface area contributed by atoms with E-state index in [1.807, 2.05) is 12.1 Å². The minimum atomic E-state index is 0.312. The fourth-order valence-electron chi connectivity index (χ4n) is 1.41. The SMILES string of the molecule is CO/N=C/c1c(N)ncnc1Nc1ccc(Cl)cc1. The highest BCUT2D eigenvalue weighted by Crippen LogP contribution is 2.21. The molecule has 0 aliphatic rings. The van der Waals surface area contributed by atoms with Crippen molar-refractivity contribution < 1.29 is 4.84 Å². The second-order valence-electron chi connectivity index (χ2n) is 3.57. The molecule has 0 amide bonds. The first-order valence-corrected chi connectivity index (χ1v) is 5.78. The van der Waals surface area contributed by atoms with E-state index < -0.39 is 0 Å². The summed E-state index contributed by atoms with van der Waals surface area (Å²) in [6.45, 7) is 0. The van der Waals surface area contributed by atoms with Crippen LogP contribution in [0.1, 0.15) is 5.56 Å². The summed E-state index contributed by atoms with van der Waals surface area (Å²) in [5.41, 5.74) is 7.16. The lowest BCUT2D eigenvalue weighted by molar-refractivity contribution is 0.215. The first-order chi connectivity index (χ1) is 9.20. The van der Waals surface area contributed by atoms with Crippen LogP contribution in [0.3, 0.4) is 0 Å². The molecule has 0 saturated heterocycles. The van der Waals surface area contributed by atoms with E-state index in [1.54, 1.807) is 12.1 Å². The van der Waals surface area contributed by atoms with Gasteiger partial charge in [-0.2, -0.15) is 0 Å². The van der Waals surface area contributed by atoms with Crippen molar-refractivity contribution in [3.8, 4) is 0 Å². The standard InChI is InChI=1S/C12H12ClN5O/c1-19-17-6-10-11(14)15-7-16-12(10)18-9-4-2-8(13)3-5-9/h2-7H,1H3,(H3,14,15,16,18)/b17-6+. The van der Waals surface area contributed by atoms with E-state index in [2.05, 4.69) is 25.3 Å². The molecule has 7 heteroatoms. The zero-order chi connectivity index (χ0) is 13.7. The third-order valence-electron chi connectivity index (χ3n) is 2.31. The Morgan fingerprint density at radius 1 is 1.32 bits per heavy atom. The van der Waals surface area contributed by atoms with Gasteiger partial charge in [-0.15, -0.1) is 0 Å². The number of hydrogen-bond donors (Lipinski definition) is 2. The summed E-state index contributed by atoms with van der Waals surface area (Å²) in [6.07, 6.45) is 2.82. The number of rotatable bonds is 4. The van der Waals surface area contributed by atoms with Crippen LogP contribution in [-0.4, -0.2) is 23.3 Å². The van der Waals surface area contributed by atoms with Crippen LogP contribution in [0.25, 0.3) is 0 Å². The Morgan fingerprint density at radius 2 is 2.05 bits per heavy atom. The van der Waals surface area contributed by atoms with Crippen LogP contribution in [0.15, 0.2) is 35.7 Å². The van der Waals surface area contributed by atoms with Gasteiger partial charge in [-0.05, 0) is 24.3 Å². The van der Waals surface area contributed by atoms with Gasteiger partial charge in [0.1, 0.15) is 25.1 Å². The number of nitrogens with one attached hydrogen (secondary N) is 1. The third kappa shape index (κ3) is 3.32. The van der Waals surface area contributed by atoms with Gasteiger partial charge in [-0.1, -0.05) is 16.8 Å². The molecule has 0 aliphatic heterocycles. The molecular weight excluding hydrogens is 266 g/mol. The molecule has 1 heterocycles. The number of nitrogens with two attached hydrogens (primary N) is 1. The van der Waals surface area contributed by atoms with E-state index in [0.717, 1.165) is 5.69 Å². The lowest BCUT2D eigenvalue weighted by atomic mass is 10.2. The summed E-state index contributed by atoms with van der Waals surface area (Å²) in [7, 11) is 1.45. The van der Waals surface area contributed by atoms with E-state index in [1.165, 1.54) is 19.7 Å². The Kier molecular flexibility index (Phi) is 4.15. The first kappa shape index (κ1) is 13.1.